The van der Waals surface area contributed by atoms with Gasteiger partial charge in [-0.2, -0.15) is 0 Å². The molecule has 23 heavy (non-hydrogen) atoms. The number of nitrogen functional groups attached to an aromatic ring is 1. The Labute approximate surface area is 145 Å². The van der Waals surface area contributed by atoms with Crippen molar-refractivity contribution in [2.24, 2.45) is 0 Å². The first-order valence-electron chi connectivity index (χ1n) is 7.17. The number of hydrogen-bond donors (Lipinski definition) is 2. The second-order valence-electron chi connectivity index (χ2n) is 6.01. The first kappa shape index (κ1) is 15.4. The van der Waals surface area contributed by atoms with Crippen LogP contribution < -0.4 is 5.73 Å². The van der Waals surface area contributed by atoms with Gasteiger partial charge in [0, 0.05) is 22.6 Å². The van der Waals surface area contributed by atoms with Crippen molar-refractivity contribution in [3.8, 4) is 0 Å². The van der Waals surface area contributed by atoms with Gasteiger partial charge in [-0.3, -0.25) is 4.57 Å². The van der Waals surface area contributed by atoms with Crippen LogP contribution in [0.2, 0.25) is 0 Å². The predicted octanol–water partition coefficient (Wildman–Crippen LogP) is 0.423. The number of aliphatic hydroxyl groups is 1. The zero-order valence-electron chi connectivity index (χ0n) is 12.5. The number of imidazole rings is 1. The molecule has 2 aliphatic rings. The minimum atomic E-state index is -0.733. The molecule has 0 aliphatic carbocycles. The molecular weight excluding hydrogens is 417 g/mol. The Morgan fingerprint density at radius 1 is 1.35 bits per heavy atom. The second-order valence-corrected chi connectivity index (χ2v) is 6.98. The number of fused-ring (bicyclic) bond motifs is 2. The molecule has 4 atom stereocenters. The van der Waals surface area contributed by atoms with E-state index in [4.69, 9.17) is 19.9 Å². The molecule has 4 rings (SSSR count). The highest BCUT2D eigenvalue weighted by molar-refractivity contribution is 14.1. The molecule has 0 spiro atoms. The van der Waals surface area contributed by atoms with Crippen molar-refractivity contribution in [1.82, 2.24) is 19.5 Å². The van der Waals surface area contributed by atoms with E-state index in [9.17, 15) is 5.11 Å². The first-order chi connectivity index (χ1) is 10.9. The number of rotatable bonds is 2. The molecule has 124 valence electrons. The fraction of sp³-hybridized carbons (Fsp3) is 0.615. The molecule has 2 aliphatic heterocycles. The molecule has 0 unspecified atom stereocenters. The van der Waals surface area contributed by atoms with Gasteiger partial charge < -0.3 is 25.1 Å². The van der Waals surface area contributed by atoms with Crippen molar-refractivity contribution in [1.29, 1.82) is 0 Å². The minimum absolute atomic E-state index is 0.154. The normalized spacial score (nSPS) is 32.5. The molecule has 0 radical (unpaired) electrons. The third-order valence-corrected chi connectivity index (χ3v) is 4.48. The van der Waals surface area contributed by atoms with E-state index in [1.165, 1.54) is 0 Å². The zero-order valence-corrected chi connectivity index (χ0v) is 14.7. The molecular formula is C13H16IN5O4. The number of nitrogens with two attached hydrogens (primary N) is 1. The second kappa shape index (κ2) is 5.21. The van der Waals surface area contributed by atoms with Gasteiger partial charge in [-0.15, -0.1) is 0 Å². The van der Waals surface area contributed by atoms with E-state index in [0.717, 1.165) is 0 Å². The summed E-state index contributed by atoms with van der Waals surface area (Å²) in [6.45, 7) is 3.52. The van der Waals surface area contributed by atoms with Crippen molar-refractivity contribution < 1.29 is 19.3 Å². The van der Waals surface area contributed by atoms with E-state index >= 15 is 0 Å². The van der Waals surface area contributed by atoms with Crippen LogP contribution >= 0.6 is 22.6 Å². The van der Waals surface area contributed by atoms with E-state index in [2.05, 4.69) is 15.0 Å². The molecule has 2 aromatic heterocycles. The highest BCUT2D eigenvalue weighted by Crippen LogP contribution is 2.43. The molecule has 0 amide bonds. The molecule has 0 aromatic carbocycles. The van der Waals surface area contributed by atoms with Crippen LogP contribution in [-0.4, -0.2) is 55.3 Å². The average molecular weight is 433 g/mol. The van der Waals surface area contributed by atoms with Gasteiger partial charge in [0.05, 0.1) is 12.9 Å². The maximum atomic E-state index is 9.57. The van der Waals surface area contributed by atoms with Gasteiger partial charge in [0.1, 0.15) is 23.8 Å². The van der Waals surface area contributed by atoms with E-state index in [1.54, 1.807) is 10.9 Å². The smallest absolute Gasteiger partial charge is 0.194 e. The standard InChI is InChI=1S/C13H16IN5O4/c1-13(2)22-7-5(3-20)21-11(8(7)23-13)19-4-16-6-9(15)17-12(14)18-10(6)19/h4-5,7-8,11,20H,3H2,1-2H3,(H2,15,17,18)/t5-,7+,8-,11-/m1/s1. The first-order valence-corrected chi connectivity index (χ1v) is 8.25. The maximum absolute atomic E-state index is 9.57. The Bertz CT molecular complexity index is 766. The molecule has 9 nitrogen and oxygen atoms in total. The van der Waals surface area contributed by atoms with Crippen LogP contribution in [0.15, 0.2) is 6.33 Å². The van der Waals surface area contributed by atoms with Gasteiger partial charge in [-0.1, -0.05) is 0 Å². The number of halogens is 1. The van der Waals surface area contributed by atoms with Crippen molar-refractivity contribution in [3.63, 3.8) is 0 Å². The predicted molar refractivity (Wildman–Crippen MR) is 87.3 cm³/mol. The Morgan fingerprint density at radius 2 is 2.09 bits per heavy atom. The van der Waals surface area contributed by atoms with Crippen molar-refractivity contribution in [2.45, 2.75) is 44.2 Å². The number of nitrogens with zero attached hydrogens (tertiary/aromatic N) is 4. The van der Waals surface area contributed by atoms with Crippen LogP contribution in [0.3, 0.4) is 0 Å². The molecule has 3 N–H and O–H groups in total. The Kier molecular flexibility index (Phi) is 3.50. The Balaban J connectivity index is 1.79. The number of hydrogen-bond acceptors (Lipinski definition) is 8. The summed E-state index contributed by atoms with van der Waals surface area (Å²) in [6, 6.07) is 0. The fourth-order valence-electron chi connectivity index (χ4n) is 3.13. The Hall–Kier alpha value is -1.08. The summed E-state index contributed by atoms with van der Waals surface area (Å²) >= 11 is 2.00. The summed E-state index contributed by atoms with van der Waals surface area (Å²) in [4.78, 5) is 12.8. The van der Waals surface area contributed by atoms with Gasteiger partial charge in [0.15, 0.2) is 27.3 Å². The maximum Gasteiger partial charge on any atom is 0.194 e. The number of aromatic nitrogens is 4. The van der Waals surface area contributed by atoms with Gasteiger partial charge in [0.2, 0.25) is 0 Å². The fourth-order valence-corrected chi connectivity index (χ4v) is 3.62. The average Bonchev–Trinajstić information content (AvgIpc) is 3.09. The van der Waals surface area contributed by atoms with Gasteiger partial charge in [-0.05, 0) is 13.8 Å². The summed E-state index contributed by atoms with van der Waals surface area (Å²) < 4.78 is 20.0. The topological polar surface area (TPSA) is 118 Å². The lowest BCUT2D eigenvalue weighted by atomic mass is 10.1. The summed E-state index contributed by atoms with van der Waals surface area (Å²) in [7, 11) is 0. The zero-order chi connectivity index (χ0) is 16.4. The summed E-state index contributed by atoms with van der Waals surface area (Å²) in [6.07, 6.45) is -0.0947. The van der Waals surface area contributed by atoms with Crippen LogP contribution in [-0.2, 0) is 14.2 Å². The van der Waals surface area contributed by atoms with Crippen LogP contribution in [0.1, 0.15) is 20.1 Å². The van der Waals surface area contributed by atoms with Gasteiger partial charge >= 0.3 is 0 Å². The monoisotopic (exact) mass is 433 g/mol. The lowest BCUT2D eigenvalue weighted by Crippen LogP contribution is -2.31. The molecule has 0 bridgehead atoms. The summed E-state index contributed by atoms with van der Waals surface area (Å²) in [5.74, 6) is -0.417. The van der Waals surface area contributed by atoms with Gasteiger partial charge in [-0.25, -0.2) is 15.0 Å². The van der Waals surface area contributed by atoms with E-state index in [0.29, 0.717) is 20.8 Å². The van der Waals surface area contributed by atoms with Crippen LogP contribution in [0.25, 0.3) is 11.2 Å². The van der Waals surface area contributed by atoms with Crippen molar-refractivity contribution in [2.75, 3.05) is 12.3 Å². The third-order valence-electron chi connectivity index (χ3n) is 4.00. The number of aliphatic hydroxyl groups excluding tert-OH is 1. The SMILES string of the molecule is CC1(C)O[C@@H]2[C@@H](O1)[C@@H](CO)O[C@H]2n1cnc2c(N)nc(I)nc21. The lowest BCUT2D eigenvalue weighted by Gasteiger charge is -2.24. The largest absolute Gasteiger partial charge is 0.394 e. The van der Waals surface area contributed by atoms with E-state index < -0.39 is 18.1 Å². The molecule has 0 saturated carbocycles. The molecule has 10 heteroatoms. The van der Waals surface area contributed by atoms with Crippen LogP contribution in [0, 0.1) is 3.83 Å². The van der Waals surface area contributed by atoms with E-state index in [-0.39, 0.29) is 18.8 Å². The van der Waals surface area contributed by atoms with E-state index in [1.807, 2.05) is 36.4 Å². The van der Waals surface area contributed by atoms with Crippen molar-refractivity contribution in [3.05, 3.63) is 10.2 Å². The summed E-state index contributed by atoms with van der Waals surface area (Å²) in [5.41, 5.74) is 6.98. The molecule has 2 aromatic rings. The number of anilines is 1. The summed E-state index contributed by atoms with van der Waals surface area (Å²) in [5, 5.41) is 9.57. The quantitative estimate of drug-likeness (QED) is 0.517. The molecule has 2 saturated heterocycles. The van der Waals surface area contributed by atoms with Gasteiger partial charge in [0.25, 0.3) is 0 Å². The highest BCUT2D eigenvalue weighted by atomic mass is 127. The molecule has 4 heterocycles. The highest BCUT2D eigenvalue weighted by Gasteiger charge is 2.55. The minimum Gasteiger partial charge on any atom is -0.394 e. The Morgan fingerprint density at radius 3 is 2.83 bits per heavy atom. The lowest BCUT2D eigenvalue weighted by molar-refractivity contribution is -0.199. The van der Waals surface area contributed by atoms with Crippen LogP contribution in [0.5, 0.6) is 0 Å². The van der Waals surface area contributed by atoms with Crippen molar-refractivity contribution >= 4 is 39.6 Å². The third kappa shape index (κ3) is 2.39. The van der Waals surface area contributed by atoms with Crippen LogP contribution in [0.4, 0.5) is 5.82 Å². The molecule has 2 fully saturated rings. The number of ether oxygens (including phenoxy) is 3.